The summed E-state index contributed by atoms with van der Waals surface area (Å²) in [5, 5.41) is 9.87. The van der Waals surface area contributed by atoms with E-state index in [1.54, 1.807) is 0 Å². The number of hydrogen-bond donors (Lipinski definition) is 0. The first-order chi connectivity index (χ1) is 7.27. The maximum atomic E-state index is 9.87. The van der Waals surface area contributed by atoms with Gasteiger partial charge in [-0.15, -0.1) is 0 Å². The van der Waals surface area contributed by atoms with Crippen LogP contribution in [0.4, 0.5) is 0 Å². The van der Waals surface area contributed by atoms with Crippen molar-refractivity contribution in [2.45, 2.75) is 13.3 Å². The highest BCUT2D eigenvalue weighted by molar-refractivity contribution is 7.73. The zero-order valence-corrected chi connectivity index (χ0v) is 12.0. The summed E-state index contributed by atoms with van der Waals surface area (Å²) in [4.78, 5) is 9.87. The fourth-order valence-corrected chi connectivity index (χ4v) is 0.520. The van der Waals surface area contributed by atoms with Crippen molar-refractivity contribution in [3.8, 4) is 0 Å². The minimum atomic E-state index is -1.08. The van der Waals surface area contributed by atoms with Gasteiger partial charge in [0.2, 0.25) is 0 Å². The molecule has 0 atom stereocenters. The Hall–Kier alpha value is -0.180. The fourth-order valence-electron chi connectivity index (χ4n) is 0.520. The van der Waals surface area contributed by atoms with Crippen molar-refractivity contribution in [1.29, 1.82) is 0 Å². The molecule has 0 N–H and O–H groups in total. The molecule has 0 aliphatic rings. The van der Waals surface area contributed by atoms with Crippen molar-refractivity contribution in [1.82, 2.24) is 0 Å². The van der Waals surface area contributed by atoms with E-state index in [1.807, 2.05) is 6.92 Å². The Morgan fingerprint density at radius 1 is 1.06 bits per heavy atom. The molecule has 0 aromatic carbocycles. The summed E-state index contributed by atoms with van der Waals surface area (Å²) in [6.45, 7) is 12.9. The molecular formula is C11H25O4P. The van der Waals surface area contributed by atoms with Crippen LogP contribution >= 0.6 is 7.26 Å². The van der Waals surface area contributed by atoms with E-state index in [0.717, 1.165) is 0 Å². The molecule has 4 nitrogen and oxygen atoms in total. The van der Waals surface area contributed by atoms with Crippen molar-refractivity contribution in [3.05, 3.63) is 0 Å². The SMILES string of the molecule is CCOCCOCCC(=O)[O-].C[P+](C)(C)C. The number of hydrogen-bond acceptors (Lipinski definition) is 4. The summed E-state index contributed by atoms with van der Waals surface area (Å²) in [7, 11) is -0.389. The van der Waals surface area contributed by atoms with Gasteiger partial charge in [0.05, 0.1) is 19.8 Å². The first-order valence-corrected chi connectivity index (χ1v) is 8.99. The quantitative estimate of drug-likeness (QED) is 0.494. The number of rotatable bonds is 7. The van der Waals surface area contributed by atoms with E-state index in [2.05, 4.69) is 26.7 Å². The second kappa shape index (κ2) is 11.3. The fraction of sp³-hybridized carbons (Fsp3) is 0.909. The first-order valence-electron chi connectivity index (χ1n) is 5.41. The maximum Gasteiger partial charge on any atom is 0.0700 e. The number of aliphatic carboxylic acids is 1. The largest absolute Gasteiger partial charge is 0.550 e. The van der Waals surface area contributed by atoms with Crippen molar-refractivity contribution in [2.75, 3.05) is 53.1 Å². The smallest absolute Gasteiger partial charge is 0.0700 e. The molecule has 0 heterocycles. The predicted octanol–water partition coefficient (Wildman–Crippen LogP) is 0.703. The molecule has 16 heavy (non-hydrogen) atoms. The van der Waals surface area contributed by atoms with Crippen LogP contribution in [0.25, 0.3) is 0 Å². The Kier molecular flexibility index (Phi) is 12.9. The van der Waals surface area contributed by atoms with E-state index in [9.17, 15) is 9.90 Å². The highest BCUT2D eigenvalue weighted by atomic mass is 31.2. The lowest BCUT2D eigenvalue weighted by Crippen LogP contribution is -2.23. The monoisotopic (exact) mass is 252 g/mol. The average Bonchev–Trinajstić information content (AvgIpc) is 2.08. The molecule has 0 spiro atoms. The van der Waals surface area contributed by atoms with Crippen LogP contribution in [0.3, 0.4) is 0 Å². The van der Waals surface area contributed by atoms with Gasteiger partial charge in [0.15, 0.2) is 0 Å². The molecule has 5 heteroatoms. The van der Waals surface area contributed by atoms with Crippen LogP contribution < -0.4 is 5.11 Å². The number of ether oxygens (including phenoxy) is 2. The van der Waals surface area contributed by atoms with Crippen molar-refractivity contribution < 1.29 is 19.4 Å². The molecular weight excluding hydrogens is 227 g/mol. The highest BCUT2D eigenvalue weighted by Crippen LogP contribution is 2.40. The second-order valence-electron chi connectivity index (χ2n) is 4.61. The Balaban J connectivity index is 0. The predicted molar refractivity (Wildman–Crippen MR) is 67.6 cm³/mol. The summed E-state index contributed by atoms with van der Waals surface area (Å²) in [5.74, 6) is -1.08. The summed E-state index contributed by atoms with van der Waals surface area (Å²) in [6, 6.07) is 0. The van der Waals surface area contributed by atoms with E-state index in [0.29, 0.717) is 19.8 Å². The van der Waals surface area contributed by atoms with Gasteiger partial charge in [-0.1, -0.05) is 0 Å². The highest BCUT2D eigenvalue weighted by Gasteiger charge is 2.03. The summed E-state index contributed by atoms with van der Waals surface area (Å²) < 4.78 is 9.85. The number of carbonyl (C=O) groups is 1. The van der Waals surface area contributed by atoms with Crippen LogP contribution in [0.5, 0.6) is 0 Å². The van der Waals surface area contributed by atoms with Gasteiger partial charge < -0.3 is 19.4 Å². The molecule has 0 aromatic heterocycles. The summed E-state index contributed by atoms with van der Waals surface area (Å²) in [6.07, 6.45) is -0.0495. The summed E-state index contributed by atoms with van der Waals surface area (Å²) >= 11 is 0. The van der Waals surface area contributed by atoms with Gasteiger partial charge in [-0.3, -0.25) is 0 Å². The Labute approximate surface area is 99.7 Å². The molecule has 0 amide bonds. The lowest BCUT2D eigenvalue weighted by molar-refractivity contribution is -0.306. The molecule has 0 fully saturated rings. The van der Waals surface area contributed by atoms with Gasteiger partial charge in [-0.05, 0) is 6.92 Å². The second-order valence-corrected chi connectivity index (χ2v) is 9.98. The molecule has 0 saturated heterocycles. The molecule has 0 radical (unpaired) electrons. The van der Waals surface area contributed by atoms with Gasteiger partial charge in [-0.2, -0.15) is 0 Å². The van der Waals surface area contributed by atoms with E-state index in [1.165, 1.54) is 0 Å². The third-order valence-electron chi connectivity index (χ3n) is 1.03. The van der Waals surface area contributed by atoms with E-state index in [4.69, 9.17) is 9.47 Å². The molecule has 0 saturated carbocycles. The Morgan fingerprint density at radius 3 is 1.88 bits per heavy atom. The van der Waals surface area contributed by atoms with Crippen LogP contribution in [-0.4, -0.2) is 59.1 Å². The van der Waals surface area contributed by atoms with Crippen molar-refractivity contribution >= 4 is 13.2 Å². The van der Waals surface area contributed by atoms with Crippen LogP contribution in [0.15, 0.2) is 0 Å². The van der Waals surface area contributed by atoms with Gasteiger partial charge >= 0.3 is 0 Å². The van der Waals surface area contributed by atoms with Crippen molar-refractivity contribution in [2.24, 2.45) is 0 Å². The summed E-state index contributed by atoms with van der Waals surface area (Å²) in [5.41, 5.74) is 0. The molecule has 98 valence electrons. The number of carbonyl (C=O) groups excluding carboxylic acids is 1. The normalized spacial score (nSPS) is 10.6. The average molecular weight is 252 g/mol. The van der Waals surface area contributed by atoms with Gasteiger partial charge in [-0.25, -0.2) is 0 Å². The zero-order chi connectivity index (χ0) is 13.0. The molecule has 0 aromatic rings. The van der Waals surface area contributed by atoms with Crippen molar-refractivity contribution in [3.63, 3.8) is 0 Å². The standard InChI is InChI=1S/C7H14O4.C4H12P/c1-2-10-5-6-11-4-3-7(8)9;1-5(2,3)4/h2-6H2,1H3,(H,8,9);1-4H3/q;+1/p-1. The topological polar surface area (TPSA) is 58.6 Å². The van der Waals surface area contributed by atoms with Gasteiger partial charge in [0.25, 0.3) is 0 Å². The molecule has 0 rings (SSSR count). The van der Waals surface area contributed by atoms with E-state index in [-0.39, 0.29) is 20.3 Å². The minimum absolute atomic E-state index is 0.0495. The number of carboxylic acid groups (broad SMARTS) is 1. The van der Waals surface area contributed by atoms with Crippen LogP contribution in [-0.2, 0) is 14.3 Å². The van der Waals surface area contributed by atoms with Gasteiger partial charge in [0, 0.05) is 52.9 Å². The van der Waals surface area contributed by atoms with Crippen LogP contribution in [0, 0.1) is 0 Å². The lowest BCUT2D eigenvalue weighted by atomic mass is 10.5. The first kappa shape index (κ1) is 18.2. The van der Waals surface area contributed by atoms with Crippen LogP contribution in [0.2, 0.25) is 0 Å². The van der Waals surface area contributed by atoms with E-state index >= 15 is 0 Å². The third kappa shape index (κ3) is 37.1. The molecule has 0 bridgehead atoms. The minimum Gasteiger partial charge on any atom is -0.550 e. The van der Waals surface area contributed by atoms with Gasteiger partial charge in [0.1, 0.15) is 0 Å². The number of carboxylic acids is 1. The van der Waals surface area contributed by atoms with E-state index < -0.39 is 5.97 Å². The Bertz CT molecular complexity index is 160. The molecule has 0 unspecified atom stereocenters. The maximum absolute atomic E-state index is 9.87. The molecule has 0 aliphatic heterocycles. The lowest BCUT2D eigenvalue weighted by Gasteiger charge is -2.04. The molecule has 0 aliphatic carbocycles. The zero-order valence-electron chi connectivity index (χ0n) is 11.1. The Morgan fingerprint density at radius 2 is 1.50 bits per heavy atom. The van der Waals surface area contributed by atoms with Crippen LogP contribution in [0.1, 0.15) is 13.3 Å². The third-order valence-corrected chi connectivity index (χ3v) is 1.03.